The summed E-state index contributed by atoms with van der Waals surface area (Å²) >= 11 is 0. The van der Waals surface area contributed by atoms with Crippen molar-refractivity contribution < 1.29 is 19.1 Å². The lowest BCUT2D eigenvalue weighted by Crippen LogP contribution is -2.43. The van der Waals surface area contributed by atoms with E-state index in [1.807, 2.05) is 0 Å². The van der Waals surface area contributed by atoms with Crippen LogP contribution in [0.1, 0.15) is 34.1 Å². The highest BCUT2D eigenvalue weighted by atomic mass is 16.5. The van der Waals surface area contributed by atoms with Gasteiger partial charge in [0.15, 0.2) is 0 Å². The molecule has 0 saturated heterocycles. The van der Waals surface area contributed by atoms with E-state index in [1.165, 1.54) is 6.92 Å². The average Bonchev–Trinajstić information content (AvgIpc) is 2.67. The predicted octanol–water partition coefficient (Wildman–Crippen LogP) is 1.53. The van der Waals surface area contributed by atoms with Crippen LogP contribution in [0.25, 0.3) is 0 Å². The highest BCUT2D eigenvalue weighted by molar-refractivity contribution is 6.14. The van der Waals surface area contributed by atoms with Crippen LogP contribution in [0.4, 0.5) is 0 Å². The van der Waals surface area contributed by atoms with Gasteiger partial charge in [-0.15, -0.1) is 0 Å². The van der Waals surface area contributed by atoms with Crippen molar-refractivity contribution in [3.8, 4) is 0 Å². The Morgan fingerprint density at radius 2 is 1.68 bits per heavy atom. The lowest BCUT2D eigenvalue weighted by Gasteiger charge is -2.21. The molecule has 0 fully saturated rings. The SMILES string of the molecule is CC(C)C(C)CCOC(=O)C(C)N1C(=O)C=CC1=O. The number of ether oxygens (including phenoxy) is 1. The smallest absolute Gasteiger partial charge is 0.329 e. The molecule has 5 heteroatoms. The standard InChI is InChI=1S/C14H21NO4/c1-9(2)10(3)7-8-19-14(18)11(4)15-12(16)5-6-13(15)17/h5-6,9-11H,7-8H2,1-4H3. The second kappa shape index (κ2) is 6.50. The van der Waals surface area contributed by atoms with Crippen LogP contribution in [-0.4, -0.2) is 35.3 Å². The molecule has 5 nitrogen and oxygen atoms in total. The topological polar surface area (TPSA) is 63.7 Å². The van der Waals surface area contributed by atoms with Crippen molar-refractivity contribution in [2.75, 3.05) is 6.61 Å². The zero-order chi connectivity index (χ0) is 14.6. The Kier molecular flexibility index (Phi) is 5.27. The first-order chi connectivity index (χ1) is 8.84. The van der Waals surface area contributed by atoms with Crippen molar-refractivity contribution in [2.45, 2.75) is 40.2 Å². The third-order valence-corrected chi connectivity index (χ3v) is 3.53. The van der Waals surface area contributed by atoms with Crippen molar-refractivity contribution in [2.24, 2.45) is 11.8 Å². The van der Waals surface area contributed by atoms with Gasteiger partial charge in [-0.1, -0.05) is 20.8 Å². The Morgan fingerprint density at radius 1 is 1.16 bits per heavy atom. The van der Waals surface area contributed by atoms with Crippen LogP contribution in [0.3, 0.4) is 0 Å². The van der Waals surface area contributed by atoms with Gasteiger partial charge in [0.05, 0.1) is 6.61 Å². The summed E-state index contributed by atoms with van der Waals surface area (Å²) in [7, 11) is 0. The first-order valence-electron chi connectivity index (χ1n) is 6.56. The first kappa shape index (κ1) is 15.4. The van der Waals surface area contributed by atoms with Crippen molar-refractivity contribution in [1.82, 2.24) is 4.90 Å². The molecule has 0 aromatic heterocycles. The molecule has 0 saturated carbocycles. The van der Waals surface area contributed by atoms with Crippen LogP contribution < -0.4 is 0 Å². The fourth-order valence-corrected chi connectivity index (χ4v) is 1.70. The quantitative estimate of drug-likeness (QED) is 0.541. The number of carbonyl (C=O) groups is 3. The van der Waals surface area contributed by atoms with Gasteiger partial charge in [-0.3, -0.25) is 14.5 Å². The van der Waals surface area contributed by atoms with Gasteiger partial charge >= 0.3 is 5.97 Å². The molecule has 106 valence electrons. The minimum Gasteiger partial charge on any atom is -0.464 e. The summed E-state index contributed by atoms with van der Waals surface area (Å²) in [6.45, 7) is 8.13. The third kappa shape index (κ3) is 3.91. The van der Waals surface area contributed by atoms with Crippen molar-refractivity contribution >= 4 is 17.8 Å². The van der Waals surface area contributed by atoms with E-state index >= 15 is 0 Å². The van der Waals surface area contributed by atoms with E-state index in [0.717, 1.165) is 23.5 Å². The first-order valence-corrected chi connectivity index (χ1v) is 6.56. The molecule has 1 aliphatic rings. The molecule has 0 bridgehead atoms. The number of imide groups is 1. The van der Waals surface area contributed by atoms with Gasteiger partial charge in [0.25, 0.3) is 11.8 Å². The molecule has 2 unspecified atom stereocenters. The number of nitrogens with zero attached hydrogens (tertiary/aromatic N) is 1. The number of amides is 2. The lowest BCUT2D eigenvalue weighted by atomic mass is 9.95. The highest BCUT2D eigenvalue weighted by Crippen LogP contribution is 2.15. The Hall–Kier alpha value is -1.65. The van der Waals surface area contributed by atoms with Gasteiger partial charge in [-0.25, -0.2) is 4.79 Å². The maximum absolute atomic E-state index is 11.8. The second-order valence-corrected chi connectivity index (χ2v) is 5.23. The summed E-state index contributed by atoms with van der Waals surface area (Å²) < 4.78 is 5.12. The van der Waals surface area contributed by atoms with Crippen molar-refractivity contribution in [3.05, 3.63) is 12.2 Å². The number of hydrogen-bond acceptors (Lipinski definition) is 4. The number of carbonyl (C=O) groups excluding carboxylic acids is 3. The summed E-state index contributed by atoms with van der Waals surface area (Å²) in [6.07, 6.45) is 3.09. The zero-order valence-electron chi connectivity index (χ0n) is 11.9. The van der Waals surface area contributed by atoms with E-state index in [9.17, 15) is 14.4 Å². The maximum atomic E-state index is 11.8. The summed E-state index contributed by atoms with van der Waals surface area (Å²) in [5.74, 6) is -0.488. The molecule has 0 radical (unpaired) electrons. The third-order valence-electron chi connectivity index (χ3n) is 3.53. The molecule has 1 aliphatic heterocycles. The largest absolute Gasteiger partial charge is 0.464 e. The monoisotopic (exact) mass is 267 g/mol. The molecule has 1 heterocycles. The number of esters is 1. The summed E-state index contributed by atoms with van der Waals surface area (Å²) in [4.78, 5) is 35.5. The Labute approximate surface area is 113 Å². The second-order valence-electron chi connectivity index (χ2n) is 5.23. The molecular formula is C14H21NO4. The molecule has 0 aromatic rings. The van der Waals surface area contributed by atoms with Crippen LogP contribution in [0.2, 0.25) is 0 Å². The van der Waals surface area contributed by atoms with Crippen molar-refractivity contribution in [1.29, 1.82) is 0 Å². The molecule has 19 heavy (non-hydrogen) atoms. The molecular weight excluding hydrogens is 246 g/mol. The zero-order valence-corrected chi connectivity index (χ0v) is 11.9. The van der Waals surface area contributed by atoms with Crippen LogP contribution in [0.5, 0.6) is 0 Å². The molecule has 0 spiro atoms. The minimum atomic E-state index is -0.871. The molecule has 2 amide bonds. The number of rotatable bonds is 6. The average molecular weight is 267 g/mol. The van der Waals surface area contributed by atoms with Crippen molar-refractivity contribution in [3.63, 3.8) is 0 Å². The highest BCUT2D eigenvalue weighted by Gasteiger charge is 2.33. The van der Waals surface area contributed by atoms with Gasteiger partial charge in [0, 0.05) is 12.2 Å². The van der Waals surface area contributed by atoms with Crippen LogP contribution in [-0.2, 0) is 19.1 Å². The van der Waals surface area contributed by atoms with E-state index in [0.29, 0.717) is 18.4 Å². The van der Waals surface area contributed by atoms with E-state index in [4.69, 9.17) is 4.74 Å². The van der Waals surface area contributed by atoms with E-state index in [2.05, 4.69) is 20.8 Å². The molecule has 2 atom stereocenters. The molecule has 0 aliphatic carbocycles. The predicted molar refractivity (Wildman–Crippen MR) is 70.0 cm³/mol. The van der Waals surface area contributed by atoms with Gasteiger partial charge in [-0.05, 0) is 25.2 Å². The van der Waals surface area contributed by atoms with Gasteiger partial charge < -0.3 is 4.74 Å². The molecule has 1 rings (SSSR count). The number of hydrogen-bond donors (Lipinski definition) is 0. The van der Waals surface area contributed by atoms with E-state index < -0.39 is 23.8 Å². The Bertz CT molecular complexity index is 382. The van der Waals surface area contributed by atoms with Gasteiger partial charge in [-0.2, -0.15) is 0 Å². The fraction of sp³-hybridized carbons (Fsp3) is 0.643. The van der Waals surface area contributed by atoms with Gasteiger partial charge in [0.1, 0.15) is 6.04 Å². The summed E-state index contributed by atoms with van der Waals surface area (Å²) in [6, 6.07) is -0.871. The lowest BCUT2D eigenvalue weighted by molar-refractivity contribution is -0.157. The van der Waals surface area contributed by atoms with E-state index in [-0.39, 0.29) is 0 Å². The summed E-state index contributed by atoms with van der Waals surface area (Å²) in [5.41, 5.74) is 0. The Balaban J connectivity index is 2.42. The Morgan fingerprint density at radius 3 is 2.16 bits per heavy atom. The fourth-order valence-electron chi connectivity index (χ4n) is 1.70. The van der Waals surface area contributed by atoms with Gasteiger partial charge in [0.2, 0.25) is 0 Å². The summed E-state index contributed by atoms with van der Waals surface area (Å²) in [5, 5.41) is 0. The van der Waals surface area contributed by atoms with E-state index in [1.54, 1.807) is 0 Å². The minimum absolute atomic E-state index is 0.312. The molecule has 0 N–H and O–H groups in total. The van der Waals surface area contributed by atoms with Crippen LogP contribution >= 0.6 is 0 Å². The van der Waals surface area contributed by atoms with Crippen LogP contribution in [0, 0.1) is 11.8 Å². The maximum Gasteiger partial charge on any atom is 0.329 e. The molecule has 0 aromatic carbocycles. The van der Waals surface area contributed by atoms with Crippen LogP contribution in [0.15, 0.2) is 12.2 Å². The normalized spacial score (nSPS) is 18.1.